The minimum atomic E-state index is -0.604. The van der Waals surface area contributed by atoms with Gasteiger partial charge in [0.15, 0.2) is 0 Å². The summed E-state index contributed by atoms with van der Waals surface area (Å²) in [5.74, 6) is -0.522. The maximum absolute atomic E-state index is 12.0. The summed E-state index contributed by atoms with van der Waals surface area (Å²) >= 11 is 5.78. The van der Waals surface area contributed by atoms with E-state index in [0.717, 1.165) is 6.54 Å². The van der Waals surface area contributed by atoms with Crippen LogP contribution in [0.25, 0.3) is 0 Å². The lowest BCUT2D eigenvalue weighted by Gasteiger charge is -2.23. The number of halogens is 1. The van der Waals surface area contributed by atoms with Gasteiger partial charge in [0.05, 0.1) is 18.1 Å². The Balaban J connectivity index is 2.04. The van der Waals surface area contributed by atoms with Crippen LogP contribution in [0.3, 0.4) is 0 Å². The van der Waals surface area contributed by atoms with Crippen LogP contribution in [0.5, 0.6) is 0 Å². The molecule has 1 aliphatic heterocycles. The second-order valence-corrected chi connectivity index (χ2v) is 4.79. The summed E-state index contributed by atoms with van der Waals surface area (Å²) < 4.78 is 5.26. The highest BCUT2D eigenvalue weighted by atomic mass is 35.5. The summed E-state index contributed by atoms with van der Waals surface area (Å²) in [6.45, 7) is 2.20. The number of nitro benzene ring substituents is 1. The second-order valence-electron chi connectivity index (χ2n) is 4.35. The molecule has 1 aromatic rings. The summed E-state index contributed by atoms with van der Waals surface area (Å²) in [6.07, 6.45) is 0. The van der Waals surface area contributed by atoms with E-state index in [0.29, 0.717) is 19.8 Å². The molecule has 7 nitrogen and oxygen atoms in total. The van der Waals surface area contributed by atoms with Gasteiger partial charge in [0.2, 0.25) is 0 Å². The zero-order valence-electron chi connectivity index (χ0n) is 10.6. The van der Waals surface area contributed by atoms with Crippen molar-refractivity contribution >= 4 is 23.2 Å². The first-order valence-electron chi connectivity index (χ1n) is 6.11. The Morgan fingerprint density at radius 3 is 3.05 bits per heavy atom. The smallest absolute Gasteiger partial charge is 0.282 e. The summed E-state index contributed by atoms with van der Waals surface area (Å²) in [7, 11) is 0. The van der Waals surface area contributed by atoms with Gasteiger partial charge in [-0.05, 0) is 12.1 Å². The molecule has 0 aliphatic carbocycles. The topological polar surface area (TPSA) is 93.5 Å². The Morgan fingerprint density at radius 1 is 1.60 bits per heavy atom. The first-order chi connectivity index (χ1) is 9.58. The van der Waals surface area contributed by atoms with Crippen molar-refractivity contribution in [2.24, 2.45) is 0 Å². The Bertz CT molecular complexity index is 517. The number of carbonyl (C=O) groups is 1. The average Bonchev–Trinajstić information content (AvgIpc) is 2.45. The molecule has 1 atom stereocenters. The molecule has 1 saturated heterocycles. The lowest BCUT2D eigenvalue weighted by atomic mass is 10.1. The Kier molecular flexibility index (Phi) is 4.89. The first-order valence-corrected chi connectivity index (χ1v) is 6.49. The molecule has 0 bridgehead atoms. The van der Waals surface area contributed by atoms with Crippen molar-refractivity contribution in [3.05, 3.63) is 38.9 Å². The number of amides is 1. The fourth-order valence-corrected chi connectivity index (χ4v) is 2.08. The molecule has 1 unspecified atom stereocenters. The minimum absolute atomic E-state index is 0.00550. The Hall–Kier alpha value is -1.70. The van der Waals surface area contributed by atoms with Gasteiger partial charge in [-0.1, -0.05) is 11.6 Å². The number of nitrogens with one attached hydrogen (secondary N) is 2. The second kappa shape index (κ2) is 6.65. The van der Waals surface area contributed by atoms with E-state index in [1.54, 1.807) is 0 Å². The van der Waals surface area contributed by atoms with Crippen LogP contribution in [0.15, 0.2) is 18.2 Å². The fraction of sp³-hybridized carbons (Fsp3) is 0.417. The lowest BCUT2D eigenvalue weighted by molar-refractivity contribution is -0.385. The predicted molar refractivity (Wildman–Crippen MR) is 73.0 cm³/mol. The summed E-state index contributed by atoms with van der Waals surface area (Å²) in [6, 6.07) is 3.90. The lowest BCUT2D eigenvalue weighted by Crippen LogP contribution is -2.48. The van der Waals surface area contributed by atoms with Gasteiger partial charge in [-0.25, -0.2) is 0 Å². The van der Waals surface area contributed by atoms with Crippen LogP contribution in [0.4, 0.5) is 5.69 Å². The van der Waals surface area contributed by atoms with Crippen LogP contribution in [-0.2, 0) is 4.74 Å². The normalized spacial score (nSPS) is 18.6. The highest BCUT2D eigenvalue weighted by Crippen LogP contribution is 2.22. The van der Waals surface area contributed by atoms with E-state index in [1.807, 2.05) is 0 Å². The Labute approximate surface area is 120 Å². The SMILES string of the molecule is O=C(NCC1COCCN1)c1cc(Cl)ccc1[N+](=O)[O-]. The highest BCUT2D eigenvalue weighted by molar-refractivity contribution is 6.31. The quantitative estimate of drug-likeness (QED) is 0.638. The summed E-state index contributed by atoms with van der Waals surface area (Å²) in [5, 5.41) is 17.0. The van der Waals surface area contributed by atoms with Gasteiger partial charge < -0.3 is 15.4 Å². The monoisotopic (exact) mass is 299 g/mol. The van der Waals surface area contributed by atoms with E-state index in [-0.39, 0.29) is 22.3 Å². The van der Waals surface area contributed by atoms with Crippen molar-refractivity contribution in [3.8, 4) is 0 Å². The molecule has 0 aromatic heterocycles. The Morgan fingerprint density at radius 2 is 2.40 bits per heavy atom. The average molecular weight is 300 g/mol. The van der Waals surface area contributed by atoms with Gasteiger partial charge in [0.25, 0.3) is 11.6 Å². The van der Waals surface area contributed by atoms with E-state index >= 15 is 0 Å². The van der Waals surface area contributed by atoms with E-state index in [9.17, 15) is 14.9 Å². The maximum atomic E-state index is 12.0. The molecule has 0 saturated carbocycles. The molecule has 20 heavy (non-hydrogen) atoms. The van der Waals surface area contributed by atoms with Crippen LogP contribution >= 0.6 is 11.6 Å². The van der Waals surface area contributed by atoms with Gasteiger partial charge in [0.1, 0.15) is 5.56 Å². The number of nitrogens with zero attached hydrogens (tertiary/aromatic N) is 1. The zero-order chi connectivity index (χ0) is 14.5. The molecule has 2 N–H and O–H groups in total. The van der Waals surface area contributed by atoms with Crippen molar-refractivity contribution in [3.63, 3.8) is 0 Å². The molecule has 108 valence electrons. The molecule has 1 heterocycles. The van der Waals surface area contributed by atoms with Crippen LogP contribution in [0.2, 0.25) is 5.02 Å². The molecule has 8 heteroatoms. The molecule has 1 aliphatic rings. The summed E-state index contributed by atoms with van der Waals surface area (Å²) in [4.78, 5) is 22.3. The third kappa shape index (κ3) is 3.66. The van der Waals surface area contributed by atoms with Crippen LogP contribution < -0.4 is 10.6 Å². The molecule has 1 fully saturated rings. The van der Waals surface area contributed by atoms with Crippen molar-refractivity contribution in [2.75, 3.05) is 26.3 Å². The van der Waals surface area contributed by atoms with Crippen LogP contribution in [0, 0.1) is 10.1 Å². The van der Waals surface area contributed by atoms with Gasteiger partial charge in [-0.15, -0.1) is 0 Å². The molecule has 1 amide bonds. The number of morpholine rings is 1. The van der Waals surface area contributed by atoms with Gasteiger partial charge >= 0.3 is 0 Å². The number of hydrogen-bond acceptors (Lipinski definition) is 5. The molecule has 1 aromatic carbocycles. The van der Waals surface area contributed by atoms with Gasteiger partial charge in [0, 0.05) is 30.2 Å². The standard InChI is InChI=1S/C12H14ClN3O4/c13-8-1-2-11(16(18)19)10(5-8)12(17)15-6-9-7-20-4-3-14-9/h1-2,5,9,14H,3-4,6-7H2,(H,15,17). The van der Waals surface area contributed by atoms with E-state index < -0.39 is 10.8 Å². The highest BCUT2D eigenvalue weighted by Gasteiger charge is 2.21. The maximum Gasteiger partial charge on any atom is 0.282 e. The molecule has 0 radical (unpaired) electrons. The van der Waals surface area contributed by atoms with Gasteiger partial charge in [-0.2, -0.15) is 0 Å². The third-order valence-corrected chi connectivity index (χ3v) is 3.14. The molecule has 0 spiro atoms. The number of benzene rings is 1. The number of nitro groups is 1. The van der Waals surface area contributed by atoms with Crippen molar-refractivity contribution in [2.45, 2.75) is 6.04 Å². The zero-order valence-corrected chi connectivity index (χ0v) is 11.4. The first kappa shape index (κ1) is 14.7. The number of carbonyl (C=O) groups excluding carboxylic acids is 1. The third-order valence-electron chi connectivity index (χ3n) is 2.91. The van der Waals surface area contributed by atoms with E-state index in [2.05, 4.69) is 10.6 Å². The fourth-order valence-electron chi connectivity index (χ4n) is 1.91. The number of ether oxygens (including phenoxy) is 1. The molecule has 2 rings (SSSR count). The van der Waals surface area contributed by atoms with Crippen molar-refractivity contribution in [1.29, 1.82) is 0 Å². The van der Waals surface area contributed by atoms with E-state index in [4.69, 9.17) is 16.3 Å². The van der Waals surface area contributed by atoms with Crippen LogP contribution in [0.1, 0.15) is 10.4 Å². The van der Waals surface area contributed by atoms with E-state index in [1.165, 1.54) is 18.2 Å². The number of hydrogen-bond donors (Lipinski definition) is 2. The van der Waals surface area contributed by atoms with Crippen molar-refractivity contribution in [1.82, 2.24) is 10.6 Å². The van der Waals surface area contributed by atoms with Crippen LogP contribution in [-0.4, -0.2) is 43.2 Å². The molecular weight excluding hydrogens is 286 g/mol. The predicted octanol–water partition coefficient (Wildman–Crippen LogP) is 0.966. The van der Waals surface area contributed by atoms with Gasteiger partial charge in [-0.3, -0.25) is 14.9 Å². The summed E-state index contributed by atoms with van der Waals surface area (Å²) in [5.41, 5.74) is -0.306. The minimum Gasteiger partial charge on any atom is -0.378 e. The molecular formula is C12H14ClN3O4. The largest absolute Gasteiger partial charge is 0.378 e. The number of rotatable bonds is 4. The van der Waals surface area contributed by atoms with Crippen molar-refractivity contribution < 1.29 is 14.5 Å².